The van der Waals surface area contributed by atoms with Crippen LogP contribution in [0.15, 0.2) is 0 Å². The quantitative estimate of drug-likeness (QED) is 0.107. The number of esters is 1. The molecule has 1 unspecified atom stereocenters. The minimum absolute atomic E-state index is 0. The van der Waals surface area contributed by atoms with Crippen molar-refractivity contribution in [2.24, 2.45) is 0 Å². The van der Waals surface area contributed by atoms with Crippen LogP contribution < -0.4 is 59.1 Å². The minimum atomic E-state index is -4.82. The van der Waals surface area contributed by atoms with E-state index >= 15 is 0 Å². The summed E-state index contributed by atoms with van der Waals surface area (Å²) in [5.41, 5.74) is 0. The van der Waals surface area contributed by atoms with Gasteiger partial charge in [-0.3, -0.25) is 14.1 Å². The molecule has 7 nitrogen and oxygen atoms in total. The monoisotopic (exact) mass is 470 g/mol. The van der Waals surface area contributed by atoms with Crippen LogP contribution in [0.25, 0.3) is 0 Å². The van der Waals surface area contributed by atoms with E-state index in [2.05, 4.69) is 6.92 Å². The molecule has 0 saturated heterocycles. The van der Waals surface area contributed by atoms with Crippen LogP contribution >= 0.6 is 0 Å². The Bertz CT molecular complexity index is 538. The van der Waals surface area contributed by atoms with E-state index in [1.807, 2.05) is 0 Å². The number of ether oxygens (including phenoxy) is 1. The Balaban J connectivity index is -0.000000607. The van der Waals surface area contributed by atoms with Gasteiger partial charge in [-0.25, -0.2) is 0 Å². The van der Waals surface area contributed by atoms with E-state index in [0.717, 1.165) is 19.3 Å². The summed E-state index contributed by atoms with van der Waals surface area (Å²) >= 11 is 0. The Morgan fingerprint density at radius 1 is 0.800 bits per heavy atom. The second-order valence-electron chi connectivity index (χ2n) is 7.36. The number of rotatable bonds is 19. The van der Waals surface area contributed by atoms with Gasteiger partial charge in [-0.2, -0.15) is 8.42 Å². The molecule has 0 aromatic rings. The molecule has 0 amide bonds. The third kappa shape index (κ3) is 22.1. The Hall–Kier alpha value is 0.850. The van der Waals surface area contributed by atoms with Crippen LogP contribution in [0.5, 0.6) is 0 Å². The van der Waals surface area contributed by atoms with Crippen LogP contribution in [0.1, 0.15) is 106 Å². The van der Waals surface area contributed by atoms with Crippen molar-refractivity contribution in [3.63, 3.8) is 0 Å². The zero-order valence-corrected chi connectivity index (χ0v) is 24.1. The first kappa shape index (κ1) is 35.4. The van der Waals surface area contributed by atoms with Gasteiger partial charge in [0.2, 0.25) is 0 Å². The Kier molecular flexibility index (Phi) is 27.2. The van der Waals surface area contributed by atoms with Crippen LogP contribution in [0.4, 0.5) is 0 Å². The van der Waals surface area contributed by atoms with E-state index < -0.39 is 33.7 Å². The summed E-state index contributed by atoms with van der Waals surface area (Å²) in [6.07, 6.45) is 16.1. The van der Waals surface area contributed by atoms with E-state index in [1.54, 1.807) is 0 Å². The van der Waals surface area contributed by atoms with E-state index in [9.17, 15) is 18.0 Å². The van der Waals surface area contributed by atoms with E-state index in [1.165, 1.54) is 64.2 Å². The molecule has 0 spiro atoms. The van der Waals surface area contributed by atoms with E-state index in [4.69, 9.17) is 14.4 Å². The van der Waals surface area contributed by atoms with E-state index in [-0.39, 0.29) is 68.6 Å². The van der Waals surface area contributed by atoms with Gasteiger partial charge in [0.1, 0.15) is 0 Å². The van der Waals surface area contributed by atoms with Gasteiger partial charge in [0, 0.05) is 0 Å². The molecule has 0 fully saturated rings. The number of aliphatic carboxylic acids is 1. The standard InChI is InChI=1S/C20H38O7S.2Na.2H/c1-2-3-4-5-6-7-8-9-10-11-12-13-14-15-16-27-19(21)17-18(20(22)23)28(24,25)26;;;;/h18H,2-17H2,1H3,(H,22,23)(H,24,25,26);;;;/q;2*+1;2*-1. The molecule has 0 bridgehead atoms. The molecule has 0 saturated carbocycles. The molecule has 0 aliphatic rings. The van der Waals surface area contributed by atoms with Gasteiger partial charge in [-0.1, -0.05) is 90.4 Å². The molecule has 0 aromatic heterocycles. The number of carboxylic acid groups (broad SMARTS) is 1. The molecule has 0 rings (SSSR count). The molecule has 1 atom stereocenters. The van der Waals surface area contributed by atoms with Crippen LogP contribution in [-0.2, 0) is 24.4 Å². The largest absolute Gasteiger partial charge is 1.00 e. The first-order chi connectivity index (χ1) is 13.3. The maximum atomic E-state index is 11.5. The summed E-state index contributed by atoms with van der Waals surface area (Å²) in [5, 5.41) is 6.54. The molecule has 2 N–H and O–H groups in total. The summed E-state index contributed by atoms with van der Waals surface area (Å²) in [6, 6.07) is 0. The van der Waals surface area contributed by atoms with Crippen molar-refractivity contribution in [2.75, 3.05) is 6.61 Å². The SMILES string of the molecule is CCCCCCCCCCCCCCCCOC(=O)CC(C(=O)O)S(=O)(=O)O.[H-].[H-].[Na+].[Na+]. The molecule has 0 aliphatic heterocycles. The number of carboxylic acids is 1. The second kappa shape index (κ2) is 23.0. The molecular formula is C20H40Na2O7S. The van der Waals surface area contributed by atoms with Crippen molar-refractivity contribution in [1.82, 2.24) is 0 Å². The topological polar surface area (TPSA) is 118 Å². The van der Waals surface area contributed by atoms with Crippen molar-refractivity contribution in [3.05, 3.63) is 0 Å². The molecule has 30 heavy (non-hydrogen) atoms. The smallest absolute Gasteiger partial charge is 1.00 e. The van der Waals surface area contributed by atoms with Crippen molar-refractivity contribution >= 4 is 22.1 Å². The molecule has 10 heteroatoms. The molecule has 170 valence electrons. The van der Waals surface area contributed by atoms with Gasteiger partial charge in [0.25, 0.3) is 10.1 Å². The predicted molar refractivity (Wildman–Crippen MR) is 111 cm³/mol. The zero-order valence-electron chi connectivity index (χ0n) is 21.2. The molecular weight excluding hydrogens is 430 g/mol. The Labute approximate surface area is 229 Å². The van der Waals surface area contributed by atoms with Gasteiger partial charge in [-0.05, 0) is 6.42 Å². The maximum absolute atomic E-state index is 11.5. The maximum Gasteiger partial charge on any atom is 1.00 e. The minimum Gasteiger partial charge on any atom is -1.00 e. The van der Waals surface area contributed by atoms with Crippen LogP contribution in [-0.4, -0.2) is 41.9 Å². The number of hydrogen-bond acceptors (Lipinski definition) is 5. The fourth-order valence-electron chi connectivity index (χ4n) is 3.01. The summed E-state index contributed by atoms with van der Waals surface area (Å²) in [5.74, 6) is -2.70. The molecule has 0 aromatic carbocycles. The number of carbonyl (C=O) groups is 2. The molecule has 0 radical (unpaired) electrons. The number of unbranched alkanes of at least 4 members (excludes halogenated alkanes) is 13. The van der Waals surface area contributed by atoms with Gasteiger partial charge in [-0.15, -0.1) is 0 Å². The Morgan fingerprint density at radius 3 is 1.50 bits per heavy atom. The third-order valence-corrected chi connectivity index (χ3v) is 5.84. The predicted octanol–water partition coefficient (Wildman–Crippen LogP) is -1.02. The van der Waals surface area contributed by atoms with E-state index in [0.29, 0.717) is 6.42 Å². The third-order valence-electron chi connectivity index (χ3n) is 4.75. The fourth-order valence-corrected chi connectivity index (χ4v) is 3.61. The van der Waals surface area contributed by atoms with Crippen molar-refractivity contribution < 1.29 is 94.4 Å². The van der Waals surface area contributed by atoms with Crippen LogP contribution in [0.2, 0.25) is 0 Å². The van der Waals surface area contributed by atoms with Crippen molar-refractivity contribution in [2.45, 2.75) is 108 Å². The number of carbonyl (C=O) groups excluding carboxylic acids is 1. The summed E-state index contributed by atoms with van der Waals surface area (Å²) in [7, 11) is -4.82. The van der Waals surface area contributed by atoms with Gasteiger partial charge in [0.15, 0.2) is 5.25 Å². The van der Waals surface area contributed by atoms with Gasteiger partial charge in [0.05, 0.1) is 13.0 Å². The average Bonchev–Trinajstić information content (AvgIpc) is 2.61. The molecule has 0 aliphatic carbocycles. The fraction of sp³-hybridized carbons (Fsp3) is 0.900. The molecule has 0 heterocycles. The van der Waals surface area contributed by atoms with Crippen molar-refractivity contribution in [3.8, 4) is 0 Å². The average molecular weight is 471 g/mol. The van der Waals surface area contributed by atoms with Crippen molar-refractivity contribution in [1.29, 1.82) is 0 Å². The summed E-state index contributed by atoms with van der Waals surface area (Å²) in [6.45, 7) is 2.37. The summed E-state index contributed by atoms with van der Waals surface area (Å²) in [4.78, 5) is 22.2. The van der Waals surface area contributed by atoms with Gasteiger partial charge < -0.3 is 12.7 Å². The number of hydrogen-bond donors (Lipinski definition) is 2. The first-order valence-electron chi connectivity index (χ1n) is 10.6. The summed E-state index contributed by atoms with van der Waals surface area (Å²) < 4.78 is 35.4. The van der Waals surface area contributed by atoms with Gasteiger partial charge >= 0.3 is 71.1 Å². The van der Waals surface area contributed by atoms with Crippen LogP contribution in [0, 0.1) is 0 Å². The van der Waals surface area contributed by atoms with Crippen LogP contribution in [0.3, 0.4) is 0 Å². The normalized spacial score (nSPS) is 11.8. The zero-order chi connectivity index (χ0) is 21.3. The first-order valence-corrected chi connectivity index (χ1v) is 12.1. The Morgan fingerprint density at radius 2 is 1.17 bits per heavy atom. The second-order valence-corrected chi connectivity index (χ2v) is 8.96.